The van der Waals surface area contributed by atoms with Gasteiger partial charge >= 0.3 is 0 Å². The zero-order chi connectivity index (χ0) is 21.0. The topological polar surface area (TPSA) is 89.7 Å². The number of hydrogen-bond donors (Lipinski definition) is 1. The first-order valence-corrected chi connectivity index (χ1v) is 10.4. The fourth-order valence-electron chi connectivity index (χ4n) is 2.97. The molecule has 0 saturated carbocycles. The van der Waals surface area contributed by atoms with Crippen LogP contribution in [0.3, 0.4) is 0 Å². The van der Waals surface area contributed by atoms with E-state index in [0.717, 1.165) is 5.56 Å². The molecule has 0 bridgehead atoms. The number of aryl methyl sites for hydroxylation is 1. The quantitative estimate of drug-likeness (QED) is 0.646. The summed E-state index contributed by atoms with van der Waals surface area (Å²) in [5.41, 5.74) is 7.52. The fraction of sp³-hybridized carbons (Fsp3) is 0.136. The Labute approximate surface area is 170 Å². The van der Waals surface area contributed by atoms with E-state index < -0.39 is 15.9 Å². The van der Waals surface area contributed by atoms with Crippen LogP contribution in [-0.4, -0.2) is 21.4 Å². The van der Waals surface area contributed by atoms with Crippen molar-refractivity contribution in [1.82, 2.24) is 0 Å². The zero-order valence-corrected chi connectivity index (χ0v) is 17.0. The lowest BCUT2D eigenvalue weighted by atomic mass is 10.1. The zero-order valence-electron chi connectivity index (χ0n) is 16.2. The van der Waals surface area contributed by atoms with E-state index in [1.165, 1.54) is 16.4 Å². The van der Waals surface area contributed by atoms with E-state index in [1.807, 2.05) is 30.3 Å². The SMILES string of the molecule is COc1ccc(N(Cc2ccccc2)S(=O)(=O)c2ccc(C)c(C(N)=O)c2)cc1. The van der Waals surface area contributed by atoms with Crippen molar-refractivity contribution in [3.63, 3.8) is 0 Å². The van der Waals surface area contributed by atoms with Gasteiger partial charge in [-0.2, -0.15) is 0 Å². The van der Waals surface area contributed by atoms with Gasteiger partial charge in [0.05, 0.1) is 24.2 Å². The maximum absolute atomic E-state index is 13.5. The third-order valence-electron chi connectivity index (χ3n) is 4.59. The van der Waals surface area contributed by atoms with Gasteiger partial charge in [-0.1, -0.05) is 36.4 Å². The summed E-state index contributed by atoms with van der Waals surface area (Å²) in [4.78, 5) is 11.7. The first kappa shape index (κ1) is 20.4. The lowest BCUT2D eigenvalue weighted by Gasteiger charge is -2.25. The molecule has 2 N–H and O–H groups in total. The predicted octanol–water partition coefficient (Wildman–Crippen LogP) is 3.50. The third kappa shape index (κ3) is 4.41. The number of anilines is 1. The minimum absolute atomic E-state index is 0.00338. The largest absolute Gasteiger partial charge is 0.497 e. The summed E-state index contributed by atoms with van der Waals surface area (Å²) in [5.74, 6) is -0.0456. The molecule has 29 heavy (non-hydrogen) atoms. The maximum atomic E-state index is 13.5. The van der Waals surface area contributed by atoms with Crippen LogP contribution in [0.25, 0.3) is 0 Å². The summed E-state index contributed by atoms with van der Waals surface area (Å²) in [6.45, 7) is 1.84. The maximum Gasteiger partial charge on any atom is 0.264 e. The van der Waals surface area contributed by atoms with Crippen molar-refractivity contribution in [3.05, 3.63) is 89.5 Å². The van der Waals surface area contributed by atoms with Crippen molar-refractivity contribution in [1.29, 1.82) is 0 Å². The van der Waals surface area contributed by atoms with Crippen LogP contribution in [0.1, 0.15) is 21.5 Å². The summed E-state index contributed by atoms with van der Waals surface area (Å²) < 4.78 is 33.5. The molecule has 3 aromatic rings. The van der Waals surface area contributed by atoms with Gasteiger partial charge in [0.15, 0.2) is 0 Å². The summed E-state index contributed by atoms with van der Waals surface area (Å²) in [6.07, 6.45) is 0. The first-order chi connectivity index (χ1) is 13.8. The molecule has 0 unspecified atom stereocenters. The number of nitrogens with two attached hydrogens (primary N) is 1. The highest BCUT2D eigenvalue weighted by molar-refractivity contribution is 7.92. The van der Waals surface area contributed by atoms with Gasteiger partial charge in [-0.15, -0.1) is 0 Å². The van der Waals surface area contributed by atoms with Gasteiger partial charge in [-0.25, -0.2) is 8.42 Å². The predicted molar refractivity (Wildman–Crippen MR) is 113 cm³/mol. The fourth-order valence-corrected chi connectivity index (χ4v) is 4.45. The highest BCUT2D eigenvalue weighted by Gasteiger charge is 2.26. The van der Waals surface area contributed by atoms with E-state index >= 15 is 0 Å². The number of carbonyl (C=O) groups is 1. The molecule has 3 aromatic carbocycles. The van der Waals surface area contributed by atoms with E-state index in [0.29, 0.717) is 17.0 Å². The lowest BCUT2D eigenvalue weighted by molar-refractivity contribution is 0.0999. The van der Waals surface area contributed by atoms with Crippen LogP contribution in [0.15, 0.2) is 77.7 Å². The number of hydrogen-bond acceptors (Lipinski definition) is 4. The van der Waals surface area contributed by atoms with Crippen LogP contribution in [0.2, 0.25) is 0 Å². The van der Waals surface area contributed by atoms with Gasteiger partial charge in [-0.3, -0.25) is 9.10 Å². The monoisotopic (exact) mass is 410 g/mol. The molecule has 0 atom stereocenters. The number of sulfonamides is 1. The molecule has 150 valence electrons. The average molecular weight is 410 g/mol. The van der Waals surface area contributed by atoms with Crippen LogP contribution >= 0.6 is 0 Å². The second-order valence-electron chi connectivity index (χ2n) is 6.54. The minimum Gasteiger partial charge on any atom is -0.497 e. The normalized spacial score (nSPS) is 11.1. The van der Waals surface area contributed by atoms with E-state index in [9.17, 15) is 13.2 Å². The molecule has 7 heteroatoms. The van der Waals surface area contributed by atoms with Crippen molar-refractivity contribution in [2.24, 2.45) is 5.73 Å². The average Bonchev–Trinajstić information content (AvgIpc) is 2.72. The molecule has 0 saturated heterocycles. The van der Waals surface area contributed by atoms with Crippen molar-refractivity contribution < 1.29 is 17.9 Å². The summed E-state index contributed by atoms with van der Waals surface area (Å²) in [7, 11) is -2.41. The van der Waals surface area contributed by atoms with E-state index in [-0.39, 0.29) is 17.0 Å². The summed E-state index contributed by atoms with van der Waals surface area (Å²) in [5, 5.41) is 0. The highest BCUT2D eigenvalue weighted by Crippen LogP contribution is 2.28. The Morgan fingerprint density at radius 1 is 1.00 bits per heavy atom. The van der Waals surface area contributed by atoms with Crippen LogP contribution in [0.5, 0.6) is 5.75 Å². The molecular formula is C22H22N2O4S. The standard InChI is InChI=1S/C22H22N2O4S/c1-16-8-13-20(14-21(16)22(23)25)29(26,27)24(15-17-6-4-3-5-7-17)18-9-11-19(28-2)12-10-18/h3-14H,15H2,1-2H3,(H2,23,25). The molecule has 6 nitrogen and oxygen atoms in total. The molecule has 0 spiro atoms. The van der Waals surface area contributed by atoms with Gasteiger partial charge in [0.1, 0.15) is 5.75 Å². The Balaban J connectivity index is 2.11. The van der Waals surface area contributed by atoms with Gasteiger partial charge < -0.3 is 10.5 Å². The molecule has 0 radical (unpaired) electrons. The van der Waals surface area contributed by atoms with Gasteiger partial charge in [-0.05, 0) is 54.4 Å². The third-order valence-corrected chi connectivity index (χ3v) is 6.36. The molecule has 0 aliphatic carbocycles. The molecule has 0 heterocycles. The minimum atomic E-state index is -3.96. The second-order valence-corrected chi connectivity index (χ2v) is 8.40. The molecule has 0 aliphatic heterocycles. The van der Waals surface area contributed by atoms with Crippen molar-refractivity contribution in [3.8, 4) is 5.75 Å². The van der Waals surface area contributed by atoms with Crippen LogP contribution in [-0.2, 0) is 16.6 Å². The Morgan fingerprint density at radius 3 is 2.24 bits per heavy atom. The van der Waals surface area contributed by atoms with E-state index in [4.69, 9.17) is 10.5 Å². The van der Waals surface area contributed by atoms with Crippen LogP contribution in [0.4, 0.5) is 5.69 Å². The van der Waals surface area contributed by atoms with E-state index in [2.05, 4.69) is 0 Å². The molecule has 1 amide bonds. The Kier molecular flexibility index (Phi) is 5.89. The smallest absolute Gasteiger partial charge is 0.264 e. The van der Waals surface area contributed by atoms with Crippen molar-refractivity contribution in [2.75, 3.05) is 11.4 Å². The Morgan fingerprint density at radius 2 is 1.66 bits per heavy atom. The number of primary amides is 1. The molecule has 0 aromatic heterocycles. The summed E-state index contributed by atoms with van der Waals surface area (Å²) >= 11 is 0. The number of carbonyl (C=O) groups excluding carboxylic acids is 1. The number of amides is 1. The highest BCUT2D eigenvalue weighted by atomic mass is 32.2. The molecular weight excluding hydrogens is 388 g/mol. The van der Waals surface area contributed by atoms with Crippen molar-refractivity contribution >= 4 is 21.6 Å². The van der Waals surface area contributed by atoms with Gasteiger partial charge in [0, 0.05) is 5.56 Å². The number of ether oxygens (including phenoxy) is 1. The number of benzene rings is 3. The van der Waals surface area contributed by atoms with Gasteiger partial charge in [0.25, 0.3) is 10.0 Å². The lowest BCUT2D eigenvalue weighted by Crippen LogP contribution is -2.31. The van der Waals surface area contributed by atoms with Crippen molar-refractivity contribution in [2.45, 2.75) is 18.4 Å². The van der Waals surface area contributed by atoms with E-state index in [1.54, 1.807) is 44.4 Å². The molecule has 3 rings (SSSR count). The number of rotatable bonds is 7. The van der Waals surface area contributed by atoms with Gasteiger partial charge in [0.2, 0.25) is 5.91 Å². The Bertz CT molecular complexity index is 1110. The molecule has 0 fully saturated rings. The number of methoxy groups -OCH3 is 1. The number of nitrogens with zero attached hydrogens (tertiary/aromatic N) is 1. The second kappa shape index (κ2) is 8.36. The molecule has 0 aliphatic rings. The first-order valence-electron chi connectivity index (χ1n) is 8.94. The Hall–Kier alpha value is -3.32. The summed E-state index contributed by atoms with van der Waals surface area (Å²) in [6, 6.07) is 20.5. The van der Waals surface area contributed by atoms with Crippen LogP contribution < -0.4 is 14.8 Å². The van der Waals surface area contributed by atoms with Crippen LogP contribution in [0, 0.1) is 6.92 Å².